The molecule has 0 radical (unpaired) electrons. The Morgan fingerprint density at radius 1 is 1.16 bits per heavy atom. The molecule has 0 bridgehead atoms. The summed E-state index contributed by atoms with van der Waals surface area (Å²) in [5.74, 6) is 1.82. The molecule has 1 aromatic rings. The predicted molar refractivity (Wildman–Crippen MR) is 81.9 cm³/mol. The van der Waals surface area contributed by atoms with Crippen LogP contribution >= 0.6 is 23.2 Å². The molecule has 0 aromatic heterocycles. The van der Waals surface area contributed by atoms with Gasteiger partial charge in [0.25, 0.3) is 0 Å². The molecule has 1 N–H and O–H groups in total. The van der Waals surface area contributed by atoms with Crippen LogP contribution in [0.25, 0.3) is 0 Å². The largest absolute Gasteiger partial charge is 0.307 e. The van der Waals surface area contributed by atoms with Crippen molar-refractivity contribution >= 4 is 23.2 Å². The number of nitrogens with one attached hydrogen (secondary N) is 1. The van der Waals surface area contributed by atoms with Crippen molar-refractivity contribution in [3.05, 3.63) is 33.8 Å². The molecular formula is C16H21Cl2N. The number of hydrogen-bond acceptors (Lipinski definition) is 1. The summed E-state index contributed by atoms with van der Waals surface area (Å²) >= 11 is 12.3. The molecule has 0 amide bonds. The molecule has 0 spiro atoms. The first kappa shape index (κ1) is 13.7. The average molecular weight is 298 g/mol. The van der Waals surface area contributed by atoms with Gasteiger partial charge in [0.15, 0.2) is 0 Å². The van der Waals surface area contributed by atoms with Crippen LogP contribution in [0.4, 0.5) is 0 Å². The highest BCUT2D eigenvalue weighted by Crippen LogP contribution is 2.45. The zero-order valence-electron chi connectivity index (χ0n) is 11.3. The number of hydrogen-bond donors (Lipinski definition) is 1. The maximum Gasteiger partial charge on any atom is 0.0468 e. The minimum atomic E-state index is 0.357. The van der Waals surface area contributed by atoms with E-state index in [0.717, 1.165) is 23.3 Å². The van der Waals surface area contributed by atoms with E-state index < -0.39 is 0 Å². The Labute approximate surface area is 125 Å². The molecule has 1 aromatic carbocycles. The minimum Gasteiger partial charge on any atom is -0.307 e. The highest BCUT2D eigenvalue weighted by atomic mass is 35.5. The molecule has 19 heavy (non-hydrogen) atoms. The maximum absolute atomic E-state index is 6.35. The summed E-state index contributed by atoms with van der Waals surface area (Å²) in [6.45, 7) is 2.22. The molecule has 3 heteroatoms. The third-order valence-corrected chi connectivity index (χ3v) is 4.96. The quantitative estimate of drug-likeness (QED) is 0.759. The normalized spacial score (nSPS) is 20.8. The third-order valence-electron chi connectivity index (χ3n) is 4.40. The van der Waals surface area contributed by atoms with Gasteiger partial charge < -0.3 is 5.32 Å². The monoisotopic (exact) mass is 297 g/mol. The molecule has 2 aliphatic carbocycles. The molecule has 1 unspecified atom stereocenters. The topological polar surface area (TPSA) is 12.0 Å². The van der Waals surface area contributed by atoms with Crippen molar-refractivity contribution in [2.24, 2.45) is 11.8 Å². The van der Waals surface area contributed by atoms with Crippen molar-refractivity contribution in [1.82, 2.24) is 5.32 Å². The van der Waals surface area contributed by atoms with Gasteiger partial charge in [-0.05, 0) is 61.6 Å². The second kappa shape index (κ2) is 5.63. The molecule has 2 fully saturated rings. The van der Waals surface area contributed by atoms with Gasteiger partial charge in [0, 0.05) is 22.1 Å². The van der Waals surface area contributed by atoms with Gasteiger partial charge in [0.05, 0.1) is 0 Å². The van der Waals surface area contributed by atoms with Crippen LogP contribution in [0.3, 0.4) is 0 Å². The van der Waals surface area contributed by atoms with E-state index in [9.17, 15) is 0 Å². The van der Waals surface area contributed by atoms with Crippen LogP contribution in [0.1, 0.15) is 50.6 Å². The molecule has 104 valence electrons. The predicted octanol–water partition coefficient (Wildman–Crippen LogP) is 5.22. The highest BCUT2D eigenvalue weighted by molar-refractivity contribution is 6.35. The maximum atomic E-state index is 6.35. The summed E-state index contributed by atoms with van der Waals surface area (Å²) in [6.07, 6.45) is 6.67. The van der Waals surface area contributed by atoms with Crippen LogP contribution in [-0.4, -0.2) is 6.04 Å². The van der Waals surface area contributed by atoms with Gasteiger partial charge in [-0.15, -0.1) is 0 Å². The van der Waals surface area contributed by atoms with Crippen molar-refractivity contribution in [2.45, 2.75) is 51.1 Å². The first-order valence-corrected chi connectivity index (χ1v) is 8.15. The highest BCUT2D eigenvalue weighted by Gasteiger charge is 2.42. The molecular weight excluding hydrogens is 277 g/mol. The van der Waals surface area contributed by atoms with E-state index in [0.29, 0.717) is 17.1 Å². The molecule has 2 saturated carbocycles. The summed E-state index contributed by atoms with van der Waals surface area (Å²) in [5, 5.41) is 5.38. The Hall–Kier alpha value is -0.240. The number of benzene rings is 1. The average Bonchev–Trinajstić information content (AvgIpc) is 3.26. The Balaban J connectivity index is 1.75. The summed E-state index contributed by atoms with van der Waals surface area (Å²) in [4.78, 5) is 0. The molecule has 1 atom stereocenters. The van der Waals surface area contributed by atoms with Gasteiger partial charge in [-0.1, -0.05) is 36.2 Å². The Morgan fingerprint density at radius 3 is 2.26 bits per heavy atom. The first-order chi connectivity index (χ1) is 9.19. The lowest BCUT2D eigenvalue weighted by Gasteiger charge is -2.26. The Morgan fingerprint density at radius 2 is 1.79 bits per heavy atom. The van der Waals surface area contributed by atoms with E-state index in [4.69, 9.17) is 23.2 Å². The van der Waals surface area contributed by atoms with Crippen LogP contribution in [0, 0.1) is 11.8 Å². The summed E-state index contributed by atoms with van der Waals surface area (Å²) in [5.41, 5.74) is 1.19. The van der Waals surface area contributed by atoms with Crippen molar-refractivity contribution < 1.29 is 0 Å². The molecule has 1 nitrogen and oxygen atoms in total. The molecule has 0 heterocycles. The van der Waals surface area contributed by atoms with Crippen LogP contribution in [0.15, 0.2) is 18.2 Å². The molecule has 3 rings (SSSR count). The second-order valence-corrected chi connectivity index (χ2v) is 6.84. The van der Waals surface area contributed by atoms with Crippen molar-refractivity contribution in [1.29, 1.82) is 0 Å². The molecule has 0 saturated heterocycles. The number of halogens is 2. The minimum absolute atomic E-state index is 0.357. The van der Waals surface area contributed by atoms with E-state index in [1.807, 2.05) is 12.1 Å². The third kappa shape index (κ3) is 3.26. The summed E-state index contributed by atoms with van der Waals surface area (Å²) in [6, 6.07) is 6.93. The molecule has 0 aliphatic heterocycles. The fraction of sp³-hybridized carbons (Fsp3) is 0.625. The van der Waals surface area contributed by atoms with Crippen molar-refractivity contribution in [3.63, 3.8) is 0 Å². The van der Waals surface area contributed by atoms with E-state index in [1.54, 1.807) is 0 Å². The lowest BCUT2D eigenvalue weighted by atomic mass is 10.00. The van der Waals surface area contributed by atoms with Crippen LogP contribution in [0.5, 0.6) is 0 Å². The summed E-state index contributed by atoms with van der Waals surface area (Å²) in [7, 11) is 0. The van der Waals surface area contributed by atoms with Gasteiger partial charge in [0.2, 0.25) is 0 Å². The first-order valence-electron chi connectivity index (χ1n) is 7.40. The van der Waals surface area contributed by atoms with Gasteiger partial charge >= 0.3 is 0 Å². The van der Waals surface area contributed by atoms with Gasteiger partial charge in [0.1, 0.15) is 0 Å². The molecule has 2 aliphatic rings. The van der Waals surface area contributed by atoms with E-state index in [1.165, 1.54) is 31.2 Å². The van der Waals surface area contributed by atoms with Gasteiger partial charge in [-0.2, -0.15) is 0 Å². The fourth-order valence-electron chi connectivity index (χ4n) is 3.01. The van der Waals surface area contributed by atoms with Crippen LogP contribution in [-0.2, 0) is 0 Å². The van der Waals surface area contributed by atoms with E-state index >= 15 is 0 Å². The van der Waals surface area contributed by atoms with Gasteiger partial charge in [-0.3, -0.25) is 0 Å². The standard InChI is InChI=1S/C16H21Cl2N/c1-2-15(13-8-7-12(17)9-14(13)18)19-16(10-3-4-10)11-5-6-11/h7-11,15-16,19H,2-6H2,1H3. The SMILES string of the molecule is CCC(NC(C1CC1)C1CC1)c1ccc(Cl)cc1Cl. The second-order valence-electron chi connectivity index (χ2n) is 5.99. The Kier molecular flexibility index (Phi) is 4.07. The smallest absolute Gasteiger partial charge is 0.0468 e. The summed E-state index contributed by atoms with van der Waals surface area (Å²) < 4.78 is 0. The zero-order valence-corrected chi connectivity index (χ0v) is 12.8. The van der Waals surface area contributed by atoms with Crippen LogP contribution in [0.2, 0.25) is 10.0 Å². The lowest BCUT2D eigenvalue weighted by Crippen LogP contribution is -2.36. The van der Waals surface area contributed by atoms with Gasteiger partial charge in [-0.25, -0.2) is 0 Å². The van der Waals surface area contributed by atoms with E-state index in [2.05, 4.69) is 18.3 Å². The van der Waals surface area contributed by atoms with Crippen molar-refractivity contribution in [3.8, 4) is 0 Å². The zero-order chi connectivity index (χ0) is 13.4. The van der Waals surface area contributed by atoms with Crippen molar-refractivity contribution in [2.75, 3.05) is 0 Å². The lowest BCUT2D eigenvalue weighted by molar-refractivity contribution is 0.359. The fourth-order valence-corrected chi connectivity index (χ4v) is 3.55. The number of rotatable bonds is 6. The van der Waals surface area contributed by atoms with E-state index in [-0.39, 0.29) is 0 Å². The Bertz CT molecular complexity index is 440. The van der Waals surface area contributed by atoms with Crippen LogP contribution < -0.4 is 5.32 Å².